The molecule has 3 aromatic heterocycles. The first kappa shape index (κ1) is 15.3. The van der Waals surface area contributed by atoms with Crippen LogP contribution in [0.3, 0.4) is 0 Å². The molecule has 0 saturated carbocycles. The lowest BCUT2D eigenvalue weighted by Crippen LogP contribution is -2.30. The number of rotatable bonds is 3. The lowest BCUT2D eigenvalue weighted by molar-refractivity contribution is 0.244. The van der Waals surface area contributed by atoms with E-state index in [0.717, 1.165) is 37.5 Å². The Balaban J connectivity index is 1.37. The monoisotopic (exact) mass is 344 g/mol. The molecule has 130 valence electrons. The average molecular weight is 344 g/mol. The van der Waals surface area contributed by atoms with Gasteiger partial charge < -0.3 is 9.40 Å². The first-order valence-electron chi connectivity index (χ1n) is 8.94. The van der Waals surface area contributed by atoms with Gasteiger partial charge in [0.1, 0.15) is 0 Å². The molecule has 1 aromatic carbocycles. The Hall–Kier alpha value is -2.92. The van der Waals surface area contributed by atoms with Gasteiger partial charge in [0.25, 0.3) is 0 Å². The van der Waals surface area contributed by atoms with Crippen molar-refractivity contribution in [2.45, 2.75) is 26.4 Å². The summed E-state index contributed by atoms with van der Waals surface area (Å²) in [4.78, 5) is 15.1. The fraction of sp³-hybridized carbons (Fsp3) is 0.238. The van der Waals surface area contributed by atoms with Crippen molar-refractivity contribution in [1.29, 1.82) is 0 Å². The molecule has 5 rings (SSSR count). The van der Waals surface area contributed by atoms with Crippen LogP contribution in [0.4, 0.5) is 0 Å². The number of aromatic amines is 1. The number of aryl methyl sites for hydroxylation is 1. The maximum absolute atomic E-state index is 5.41. The fourth-order valence-electron chi connectivity index (χ4n) is 3.71. The van der Waals surface area contributed by atoms with Gasteiger partial charge in [0.15, 0.2) is 11.6 Å². The van der Waals surface area contributed by atoms with Crippen molar-refractivity contribution in [2.75, 3.05) is 6.54 Å². The second kappa shape index (κ2) is 6.11. The molecule has 4 heterocycles. The molecular formula is C21H20N4O. The molecular weight excluding hydrogens is 324 g/mol. The number of nitrogens with one attached hydrogen (secondary N) is 1. The molecule has 5 nitrogen and oxygen atoms in total. The molecule has 0 unspecified atom stereocenters. The predicted molar refractivity (Wildman–Crippen MR) is 101 cm³/mol. The van der Waals surface area contributed by atoms with Gasteiger partial charge in [-0.3, -0.25) is 4.90 Å². The number of H-pyrrole nitrogens is 1. The Labute approximate surface area is 151 Å². The summed E-state index contributed by atoms with van der Waals surface area (Å²) in [6, 6.07) is 10.4. The lowest BCUT2D eigenvalue weighted by Gasteiger charge is -2.27. The van der Waals surface area contributed by atoms with Crippen LogP contribution in [0.15, 0.2) is 53.4 Å². The zero-order valence-corrected chi connectivity index (χ0v) is 14.7. The van der Waals surface area contributed by atoms with E-state index >= 15 is 0 Å². The number of hydrogen-bond acceptors (Lipinski definition) is 4. The SMILES string of the molecule is Cc1ccc2c(CN3CCc4nc(-c5ccco5)ncc4C3)c[nH]c2c1. The molecule has 1 aliphatic rings. The van der Waals surface area contributed by atoms with Gasteiger partial charge >= 0.3 is 0 Å². The molecule has 0 aliphatic carbocycles. The highest BCUT2D eigenvalue weighted by atomic mass is 16.3. The summed E-state index contributed by atoms with van der Waals surface area (Å²) in [5.41, 5.74) is 6.18. The van der Waals surface area contributed by atoms with Crippen LogP contribution in [0, 0.1) is 6.92 Å². The molecule has 0 atom stereocenters. The van der Waals surface area contributed by atoms with Crippen LogP contribution in [0.5, 0.6) is 0 Å². The number of hydrogen-bond donors (Lipinski definition) is 1. The number of benzene rings is 1. The molecule has 0 fully saturated rings. The van der Waals surface area contributed by atoms with E-state index in [9.17, 15) is 0 Å². The van der Waals surface area contributed by atoms with Gasteiger partial charge in [-0.15, -0.1) is 0 Å². The van der Waals surface area contributed by atoms with Gasteiger partial charge in [0, 0.05) is 54.9 Å². The van der Waals surface area contributed by atoms with Crippen LogP contribution in [0.2, 0.25) is 0 Å². The van der Waals surface area contributed by atoms with Gasteiger partial charge in [-0.1, -0.05) is 12.1 Å². The minimum Gasteiger partial charge on any atom is -0.461 e. The van der Waals surface area contributed by atoms with Gasteiger partial charge in [-0.2, -0.15) is 0 Å². The van der Waals surface area contributed by atoms with Crippen molar-refractivity contribution in [2.24, 2.45) is 0 Å². The minimum absolute atomic E-state index is 0.675. The van der Waals surface area contributed by atoms with E-state index < -0.39 is 0 Å². The average Bonchev–Trinajstić information content (AvgIpc) is 3.31. The Morgan fingerprint density at radius 2 is 2.23 bits per heavy atom. The molecule has 0 radical (unpaired) electrons. The Morgan fingerprint density at radius 3 is 3.12 bits per heavy atom. The molecule has 1 aliphatic heterocycles. The summed E-state index contributed by atoms with van der Waals surface area (Å²) in [5.74, 6) is 1.40. The standard InChI is InChI=1S/C21H20N4O/c1-14-4-5-17-15(10-22-19(17)9-14)12-25-7-6-18-16(13-25)11-23-21(24-18)20-3-2-8-26-20/h2-5,8-11,22H,6-7,12-13H2,1H3. The summed E-state index contributed by atoms with van der Waals surface area (Å²) in [7, 11) is 0. The van der Waals surface area contributed by atoms with Crippen LogP contribution < -0.4 is 0 Å². The molecule has 4 aromatic rings. The van der Waals surface area contributed by atoms with Crippen LogP contribution >= 0.6 is 0 Å². The Morgan fingerprint density at radius 1 is 1.27 bits per heavy atom. The maximum Gasteiger partial charge on any atom is 0.195 e. The third-order valence-corrected chi connectivity index (χ3v) is 5.07. The second-order valence-electron chi connectivity index (χ2n) is 6.97. The highest BCUT2D eigenvalue weighted by Gasteiger charge is 2.20. The van der Waals surface area contributed by atoms with Crippen LogP contribution in [-0.2, 0) is 19.5 Å². The maximum atomic E-state index is 5.41. The molecule has 0 bridgehead atoms. The van der Waals surface area contributed by atoms with Crippen molar-refractivity contribution in [3.8, 4) is 11.6 Å². The van der Waals surface area contributed by atoms with Crippen molar-refractivity contribution < 1.29 is 4.42 Å². The highest BCUT2D eigenvalue weighted by molar-refractivity contribution is 5.83. The number of fused-ring (bicyclic) bond motifs is 2. The van der Waals surface area contributed by atoms with E-state index in [0.29, 0.717) is 5.82 Å². The van der Waals surface area contributed by atoms with Crippen molar-refractivity contribution in [1.82, 2.24) is 19.9 Å². The van der Waals surface area contributed by atoms with E-state index in [1.165, 1.54) is 27.6 Å². The van der Waals surface area contributed by atoms with E-state index in [4.69, 9.17) is 9.40 Å². The van der Waals surface area contributed by atoms with Crippen LogP contribution in [0.1, 0.15) is 22.4 Å². The Bertz CT molecular complexity index is 1070. The van der Waals surface area contributed by atoms with Gasteiger partial charge in [-0.05, 0) is 36.2 Å². The first-order chi connectivity index (χ1) is 12.8. The molecule has 1 N–H and O–H groups in total. The predicted octanol–water partition coefficient (Wildman–Crippen LogP) is 4.08. The van der Waals surface area contributed by atoms with Crippen molar-refractivity contribution in [3.63, 3.8) is 0 Å². The summed E-state index contributed by atoms with van der Waals surface area (Å²) < 4.78 is 5.41. The fourth-order valence-corrected chi connectivity index (χ4v) is 3.71. The van der Waals surface area contributed by atoms with Crippen LogP contribution in [-0.4, -0.2) is 26.4 Å². The number of furan rings is 1. The molecule has 5 heteroatoms. The normalized spacial score (nSPS) is 14.7. The molecule has 0 spiro atoms. The highest BCUT2D eigenvalue weighted by Crippen LogP contribution is 2.25. The number of nitrogens with zero attached hydrogens (tertiary/aromatic N) is 3. The summed E-state index contributed by atoms with van der Waals surface area (Å²) >= 11 is 0. The van der Waals surface area contributed by atoms with E-state index in [1.54, 1.807) is 6.26 Å². The van der Waals surface area contributed by atoms with Gasteiger partial charge in [-0.25, -0.2) is 9.97 Å². The third kappa shape index (κ3) is 2.70. The summed E-state index contributed by atoms with van der Waals surface area (Å²) in [6.45, 7) is 4.94. The minimum atomic E-state index is 0.675. The van der Waals surface area contributed by atoms with Gasteiger partial charge in [0.2, 0.25) is 0 Å². The van der Waals surface area contributed by atoms with E-state index in [2.05, 4.69) is 46.2 Å². The van der Waals surface area contributed by atoms with Crippen LogP contribution in [0.25, 0.3) is 22.5 Å². The lowest BCUT2D eigenvalue weighted by atomic mass is 10.1. The quantitative estimate of drug-likeness (QED) is 0.608. The van der Waals surface area contributed by atoms with E-state index in [-0.39, 0.29) is 0 Å². The Kier molecular flexibility index (Phi) is 3.60. The molecule has 0 saturated heterocycles. The smallest absolute Gasteiger partial charge is 0.195 e. The first-order valence-corrected chi connectivity index (χ1v) is 8.94. The second-order valence-corrected chi connectivity index (χ2v) is 6.97. The molecule has 0 amide bonds. The summed E-state index contributed by atoms with van der Waals surface area (Å²) in [6.07, 6.45) is 6.68. The zero-order valence-electron chi connectivity index (χ0n) is 14.7. The van der Waals surface area contributed by atoms with E-state index in [1.807, 2.05) is 18.3 Å². The van der Waals surface area contributed by atoms with Crippen molar-refractivity contribution >= 4 is 10.9 Å². The summed E-state index contributed by atoms with van der Waals surface area (Å²) in [5, 5.41) is 1.31. The van der Waals surface area contributed by atoms with Crippen molar-refractivity contribution in [3.05, 3.63) is 71.4 Å². The molecule has 26 heavy (non-hydrogen) atoms. The van der Waals surface area contributed by atoms with Gasteiger partial charge in [0.05, 0.1) is 12.0 Å². The number of aromatic nitrogens is 3. The zero-order chi connectivity index (χ0) is 17.5. The largest absolute Gasteiger partial charge is 0.461 e. The third-order valence-electron chi connectivity index (χ3n) is 5.07. The topological polar surface area (TPSA) is 58.0 Å².